The molecule has 0 bridgehead atoms. The maximum atomic E-state index is 13.6. The van der Waals surface area contributed by atoms with Gasteiger partial charge in [0.2, 0.25) is 0 Å². The zero-order chi connectivity index (χ0) is 13.9. The molecule has 4 nitrogen and oxygen atoms in total. The number of carboxylic acid groups (broad SMARTS) is 1. The SMILES string of the molecule is O=C(O)C(c1cccc(Cl)c1)C(F)(F)C(=O)NCl. The highest BCUT2D eigenvalue weighted by Crippen LogP contribution is 2.35. The minimum Gasteiger partial charge on any atom is -0.481 e. The number of carbonyl (C=O) groups is 2. The Hall–Kier alpha value is -1.40. The maximum absolute atomic E-state index is 13.6. The summed E-state index contributed by atoms with van der Waals surface area (Å²) in [6.45, 7) is 0. The normalized spacial score (nSPS) is 12.9. The number of carboxylic acids is 1. The molecular weight excluding hydrogens is 291 g/mol. The highest BCUT2D eigenvalue weighted by Gasteiger charge is 2.52. The Bertz CT molecular complexity index is 482. The summed E-state index contributed by atoms with van der Waals surface area (Å²) in [5.74, 6) is -10.3. The molecule has 0 fully saturated rings. The topological polar surface area (TPSA) is 66.4 Å². The average Bonchev–Trinajstić information content (AvgIpc) is 2.27. The van der Waals surface area contributed by atoms with Gasteiger partial charge in [0.25, 0.3) is 0 Å². The van der Waals surface area contributed by atoms with E-state index in [0.29, 0.717) is 0 Å². The number of carbonyl (C=O) groups excluding carboxylic acids is 1. The van der Waals surface area contributed by atoms with Gasteiger partial charge < -0.3 is 5.11 Å². The number of hydrogen-bond acceptors (Lipinski definition) is 2. The molecule has 0 heterocycles. The van der Waals surface area contributed by atoms with E-state index in [1.807, 2.05) is 0 Å². The predicted octanol–water partition coefficient (Wildman–Crippen LogP) is 2.41. The minimum absolute atomic E-state index is 0.0841. The van der Waals surface area contributed by atoms with Gasteiger partial charge in [-0.05, 0) is 17.7 Å². The highest BCUT2D eigenvalue weighted by atomic mass is 35.5. The molecule has 0 saturated carbocycles. The molecule has 8 heteroatoms. The van der Waals surface area contributed by atoms with Crippen LogP contribution in [0.5, 0.6) is 0 Å². The van der Waals surface area contributed by atoms with Crippen LogP contribution in [-0.2, 0) is 9.59 Å². The summed E-state index contributed by atoms with van der Waals surface area (Å²) in [5.41, 5.74) is -0.291. The van der Waals surface area contributed by atoms with Gasteiger partial charge >= 0.3 is 17.8 Å². The number of hydrogen-bond donors (Lipinski definition) is 2. The van der Waals surface area contributed by atoms with Gasteiger partial charge in [0, 0.05) is 16.8 Å². The van der Waals surface area contributed by atoms with Crippen molar-refractivity contribution in [3.8, 4) is 0 Å². The minimum atomic E-state index is -4.20. The van der Waals surface area contributed by atoms with Crippen LogP contribution in [0.15, 0.2) is 24.3 Å². The van der Waals surface area contributed by atoms with Crippen LogP contribution in [-0.4, -0.2) is 22.9 Å². The molecule has 2 N–H and O–H groups in total. The van der Waals surface area contributed by atoms with Gasteiger partial charge in [0.1, 0.15) is 0 Å². The Morgan fingerprint density at radius 1 is 1.39 bits per heavy atom. The lowest BCUT2D eigenvalue weighted by Crippen LogP contribution is -2.44. The smallest absolute Gasteiger partial charge is 0.342 e. The van der Waals surface area contributed by atoms with Crippen molar-refractivity contribution in [1.82, 2.24) is 4.84 Å². The number of benzene rings is 1. The lowest BCUT2D eigenvalue weighted by molar-refractivity contribution is -0.160. The first kappa shape index (κ1) is 14.7. The highest BCUT2D eigenvalue weighted by molar-refractivity contribution is 6.30. The van der Waals surface area contributed by atoms with E-state index >= 15 is 0 Å². The van der Waals surface area contributed by atoms with E-state index in [1.165, 1.54) is 17.0 Å². The monoisotopic (exact) mass is 297 g/mol. The van der Waals surface area contributed by atoms with Crippen molar-refractivity contribution in [3.63, 3.8) is 0 Å². The van der Waals surface area contributed by atoms with Crippen molar-refractivity contribution < 1.29 is 23.5 Å². The number of alkyl halides is 2. The number of nitrogens with one attached hydrogen (secondary N) is 1. The fourth-order valence-electron chi connectivity index (χ4n) is 1.39. The summed E-state index contributed by atoms with van der Waals surface area (Å²) in [6, 6.07) is 4.89. The summed E-state index contributed by atoms with van der Waals surface area (Å²) in [6.07, 6.45) is 0. The van der Waals surface area contributed by atoms with E-state index in [4.69, 9.17) is 28.5 Å². The molecule has 1 amide bonds. The average molecular weight is 298 g/mol. The van der Waals surface area contributed by atoms with Crippen molar-refractivity contribution >= 4 is 35.3 Å². The van der Waals surface area contributed by atoms with E-state index < -0.39 is 23.7 Å². The molecule has 0 spiro atoms. The Morgan fingerprint density at radius 3 is 2.44 bits per heavy atom. The van der Waals surface area contributed by atoms with Gasteiger partial charge in [-0.3, -0.25) is 14.4 Å². The van der Waals surface area contributed by atoms with E-state index in [0.717, 1.165) is 12.1 Å². The van der Waals surface area contributed by atoms with Crippen LogP contribution >= 0.6 is 23.4 Å². The fourth-order valence-corrected chi connectivity index (χ4v) is 1.71. The largest absolute Gasteiger partial charge is 0.481 e. The molecule has 1 atom stereocenters. The zero-order valence-corrected chi connectivity index (χ0v) is 10.2. The lowest BCUT2D eigenvalue weighted by Gasteiger charge is -2.21. The van der Waals surface area contributed by atoms with E-state index in [2.05, 4.69) is 0 Å². The molecule has 0 saturated heterocycles. The molecule has 98 valence electrons. The third-order valence-corrected chi connectivity index (χ3v) is 2.59. The van der Waals surface area contributed by atoms with Crippen LogP contribution in [0.25, 0.3) is 0 Å². The van der Waals surface area contributed by atoms with Crippen molar-refractivity contribution in [1.29, 1.82) is 0 Å². The number of amides is 1. The van der Waals surface area contributed by atoms with Crippen LogP contribution in [0.3, 0.4) is 0 Å². The van der Waals surface area contributed by atoms with E-state index in [9.17, 15) is 18.4 Å². The van der Waals surface area contributed by atoms with Crippen molar-refractivity contribution in [2.24, 2.45) is 0 Å². The first-order valence-corrected chi connectivity index (χ1v) is 5.33. The molecule has 1 aromatic rings. The van der Waals surface area contributed by atoms with Gasteiger partial charge in [-0.25, -0.2) is 0 Å². The van der Waals surface area contributed by atoms with Gasteiger partial charge in [-0.1, -0.05) is 23.7 Å². The molecule has 0 aliphatic heterocycles. The second-order valence-corrected chi connectivity index (χ2v) is 4.00. The van der Waals surface area contributed by atoms with Gasteiger partial charge in [-0.15, -0.1) is 0 Å². The summed E-state index contributed by atoms with van der Waals surface area (Å²) in [7, 11) is 0. The Balaban J connectivity index is 3.27. The molecule has 0 aromatic heterocycles. The number of aliphatic carboxylic acids is 1. The van der Waals surface area contributed by atoms with Gasteiger partial charge in [0.15, 0.2) is 5.92 Å². The first-order valence-electron chi connectivity index (χ1n) is 4.58. The van der Waals surface area contributed by atoms with E-state index in [1.54, 1.807) is 0 Å². The molecule has 1 aromatic carbocycles. The summed E-state index contributed by atoms with van der Waals surface area (Å²) in [4.78, 5) is 23.1. The third-order valence-electron chi connectivity index (χ3n) is 2.18. The molecule has 0 aliphatic carbocycles. The molecule has 18 heavy (non-hydrogen) atoms. The van der Waals surface area contributed by atoms with Crippen LogP contribution < -0.4 is 4.84 Å². The van der Waals surface area contributed by atoms with Crippen molar-refractivity contribution in [3.05, 3.63) is 34.9 Å². The summed E-state index contributed by atoms with van der Waals surface area (Å²) < 4.78 is 27.3. The Labute approximate surface area is 111 Å². The predicted molar refractivity (Wildman–Crippen MR) is 60.8 cm³/mol. The standard InChI is InChI=1S/C10H7Cl2F2NO3/c11-6-3-1-2-5(4-6)7(8(16)17)10(13,14)9(18)15-12/h1-4,7H,(H,15,18)(H,16,17). The number of rotatable bonds is 4. The summed E-state index contributed by atoms with van der Waals surface area (Å²) in [5, 5.41) is 8.94. The molecule has 0 aliphatic rings. The zero-order valence-electron chi connectivity index (χ0n) is 8.66. The third kappa shape index (κ3) is 2.88. The lowest BCUT2D eigenvalue weighted by atomic mass is 9.92. The fraction of sp³-hybridized carbons (Fsp3) is 0.200. The van der Waals surface area contributed by atoms with Crippen molar-refractivity contribution in [2.45, 2.75) is 11.8 Å². The van der Waals surface area contributed by atoms with Crippen LogP contribution in [0.2, 0.25) is 5.02 Å². The Morgan fingerprint density at radius 2 is 2.00 bits per heavy atom. The van der Waals surface area contributed by atoms with E-state index in [-0.39, 0.29) is 10.6 Å². The van der Waals surface area contributed by atoms with Gasteiger partial charge in [-0.2, -0.15) is 8.78 Å². The van der Waals surface area contributed by atoms with Crippen LogP contribution in [0.1, 0.15) is 11.5 Å². The quantitative estimate of drug-likeness (QED) is 0.839. The van der Waals surface area contributed by atoms with Crippen LogP contribution in [0.4, 0.5) is 8.78 Å². The van der Waals surface area contributed by atoms with Gasteiger partial charge in [0.05, 0.1) is 0 Å². The first-order chi connectivity index (χ1) is 8.30. The number of halogens is 4. The molecule has 0 radical (unpaired) electrons. The molecular formula is C10H7Cl2F2NO3. The Kier molecular flexibility index (Phi) is 4.48. The maximum Gasteiger partial charge on any atom is 0.342 e. The second-order valence-electron chi connectivity index (χ2n) is 3.37. The molecule has 1 rings (SSSR count). The van der Waals surface area contributed by atoms with Crippen molar-refractivity contribution in [2.75, 3.05) is 0 Å². The second kappa shape index (κ2) is 5.49. The van der Waals surface area contributed by atoms with Crippen LogP contribution in [0, 0.1) is 0 Å². The summed E-state index contributed by atoms with van der Waals surface area (Å²) >= 11 is 10.4. The molecule has 1 unspecified atom stereocenters.